The fourth-order valence-corrected chi connectivity index (χ4v) is 3.59. The van der Waals surface area contributed by atoms with Crippen LogP contribution in [0.5, 0.6) is 0 Å². The van der Waals surface area contributed by atoms with Crippen molar-refractivity contribution in [2.24, 2.45) is 11.8 Å². The molecule has 0 bridgehead atoms. The van der Waals surface area contributed by atoms with Crippen LogP contribution in [0.2, 0.25) is 0 Å². The van der Waals surface area contributed by atoms with Crippen LogP contribution in [0.25, 0.3) is 11.0 Å². The van der Waals surface area contributed by atoms with E-state index in [0.29, 0.717) is 10.3 Å². The molecular weight excluding hydrogens is 271 g/mol. The minimum absolute atomic E-state index is 0.223. The number of aromatic nitrogens is 2. The van der Waals surface area contributed by atoms with E-state index in [1.54, 1.807) is 6.07 Å². The van der Waals surface area contributed by atoms with Gasteiger partial charge in [-0.15, -0.1) is 0 Å². The van der Waals surface area contributed by atoms with Crippen LogP contribution in [0, 0.1) is 22.4 Å². The summed E-state index contributed by atoms with van der Waals surface area (Å²) in [6.45, 7) is 3.23. The minimum Gasteiger partial charge on any atom is -0.328 e. The van der Waals surface area contributed by atoms with Crippen molar-refractivity contribution in [1.29, 1.82) is 0 Å². The van der Waals surface area contributed by atoms with Crippen LogP contribution in [0.1, 0.15) is 39.0 Å². The van der Waals surface area contributed by atoms with Gasteiger partial charge in [-0.05, 0) is 42.6 Å². The number of hydrogen-bond acceptors (Lipinski definition) is 1. The van der Waals surface area contributed by atoms with Crippen molar-refractivity contribution < 1.29 is 4.39 Å². The summed E-state index contributed by atoms with van der Waals surface area (Å²) in [4.78, 5) is 2.99. The number of halogens is 1. The fourth-order valence-electron chi connectivity index (χ4n) is 3.30. The van der Waals surface area contributed by atoms with Gasteiger partial charge in [-0.3, -0.25) is 0 Å². The van der Waals surface area contributed by atoms with Crippen molar-refractivity contribution in [3.63, 3.8) is 0 Å². The number of aryl methyl sites for hydroxylation is 1. The second-order valence-electron chi connectivity index (χ2n) is 6.13. The van der Waals surface area contributed by atoms with Crippen LogP contribution < -0.4 is 0 Å². The van der Waals surface area contributed by atoms with Crippen LogP contribution in [0.3, 0.4) is 0 Å². The summed E-state index contributed by atoms with van der Waals surface area (Å²) < 4.78 is 16.4. The van der Waals surface area contributed by atoms with Gasteiger partial charge in [0.25, 0.3) is 0 Å². The van der Waals surface area contributed by atoms with Gasteiger partial charge >= 0.3 is 0 Å². The molecule has 0 unspecified atom stereocenters. The zero-order chi connectivity index (χ0) is 14.1. The van der Waals surface area contributed by atoms with Crippen molar-refractivity contribution in [1.82, 2.24) is 9.55 Å². The van der Waals surface area contributed by atoms with Gasteiger partial charge in [0.05, 0.1) is 5.52 Å². The molecule has 0 saturated heterocycles. The lowest BCUT2D eigenvalue weighted by Crippen LogP contribution is -2.14. The third kappa shape index (κ3) is 2.66. The fraction of sp³-hybridized carbons (Fsp3) is 0.562. The number of imidazole rings is 1. The first-order chi connectivity index (χ1) is 9.65. The maximum Gasteiger partial charge on any atom is 0.178 e. The molecule has 1 saturated carbocycles. The third-order valence-corrected chi connectivity index (χ3v) is 4.98. The SMILES string of the molecule is CC1CCC(CCn2c(=S)[nH]c3c(F)cccc32)CC1. The largest absolute Gasteiger partial charge is 0.328 e. The summed E-state index contributed by atoms with van der Waals surface area (Å²) in [6, 6.07) is 5.16. The standard InChI is InChI=1S/C16H21FN2S/c1-11-5-7-12(8-6-11)9-10-19-14-4-2-3-13(17)15(14)18-16(19)20/h2-4,11-12H,5-10H2,1H3,(H,18,20). The number of benzene rings is 1. The molecule has 1 aromatic heterocycles. The van der Waals surface area contributed by atoms with Crippen molar-refractivity contribution in [3.05, 3.63) is 28.8 Å². The summed E-state index contributed by atoms with van der Waals surface area (Å²) >= 11 is 5.34. The Morgan fingerprint density at radius 3 is 2.80 bits per heavy atom. The Kier molecular flexibility index (Phi) is 3.92. The van der Waals surface area contributed by atoms with Crippen LogP contribution in [-0.2, 0) is 6.54 Å². The minimum atomic E-state index is -0.223. The predicted octanol–water partition coefficient (Wildman–Crippen LogP) is 5.05. The van der Waals surface area contributed by atoms with Gasteiger partial charge in [0.15, 0.2) is 4.77 Å². The third-order valence-electron chi connectivity index (χ3n) is 4.66. The smallest absolute Gasteiger partial charge is 0.178 e. The summed E-state index contributed by atoms with van der Waals surface area (Å²) in [7, 11) is 0. The van der Waals surface area contributed by atoms with E-state index in [1.165, 1.54) is 31.7 Å². The molecule has 0 radical (unpaired) electrons. The molecule has 2 aromatic rings. The van der Waals surface area contributed by atoms with Crippen LogP contribution >= 0.6 is 12.2 Å². The lowest BCUT2D eigenvalue weighted by Gasteiger charge is -2.26. The van der Waals surface area contributed by atoms with Crippen molar-refractivity contribution in [2.75, 3.05) is 0 Å². The quantitative estimate of drug-likeness (QED) is 0.785. The number of nitrogens with one attached hydrogen (secondary N) is 1. The van der Waals surface area contributed by atoms with E-state index in [1.807, 2.05) is 10.6 Å². The second kappa shape index (κ2) is 5.68. The number of rotatable bonds is 3. The normalized spacial score (nSPS) is 23.3. The lowest BCUT2D eigenvalue weighted by atomic mass is 9.81. The van der Waals surface area contributed by atoms with Crippen molar-refractivity contribution >= 4 is 23.3 Å². The zero-order valence-electron chi connectivity index (χ0n) is 11.9. The predicted molar refractivity (Wildman–Crippen MR) is 82.8 cm³/mol. The molecular formula is C16H21FN2S. The molecule has 4 heteroatoms. The molecule has 1 aliphatic carbocycles. The Labute approximate surface area is 124 Å². The number of nitrogens with zero attached hydrogens (tertiary/aromatic N) is 1. The first kappa shape index (κ1) is 13.8. The highest BCUT2D eigenvalue weighted by Crippen LogP contribution is 2.31. The Balaban J connectivity index is 1.76. The van der Waals surface area contributed by atoms with Crippen LogP contribution in [-0.4, -0.2) is 9.55 Å². The van der Waals surface area contributed by atoms with Crippen molar-refractivity contribution in [3.8, 4) is 0 Å². The second-order valence-corrected chi connectivity index (χ2v) is 6.52. The number of para-hydroxylation sites is 1. The molecule has 20 heavy (non-hydrogen) atoms. The van der Waals surface area contributed by atoms with E-state index in [-0.39, 0.29) is 5.82 Å². The molecule has 1 heterocycles. The van der Waals surface area contributed by atoms with E-state index in [9.17, 15) is 4.39 Å². The highest BCUT2D eigenvalue weighted by atomic mass is 32.1. The Morgan fingerprint density at radius 1 is 1.30 bits per heavy atom. The maximum absolute atomic E-state index is 13.7. The van der Waals surface area contributed by atoms with Crippen molar-refractivity contribution in [2.45, 2.75) is 45.6 Å². The van der Waals surface area contributed by atoms with E-state index in [0.717, 1.165) is 30.3 Å². The molecule has 0 aliphatic heterocycles. The molecule has 0 atom stereocenters. The molecule has 1 fully saturated rings. The summed E-state index contributed by atoms with van der Waals surface area (Å²) in [6.07, 6.45) is 6.48. The van der Waals surface area contributed by atoms with Crippen LogP contribution in [0.4, 0.5) is 4.39 Å². The molecule has 1 N–H and O–H groups in total. The van der Waals surface area contributed by atoms with E-state index in [4.69, 9.17) is 12.2 Å². The molecule has 3 rings (SSSR count). The monoisotopic (exact) mass is 292 g/mol. The average molecular weight is 292 g/mol. The number of hydrogen-bond donors (Lipinski definition) is 1. The number of H-pyrrole nitrogens is 1. The molecule has 1 aliphatic rings. The molecule has 0 spiro atoms. The first-order valence-corrected chi connectivity index (χ1v) is 7.93. The maximum atomic E-state index is 13.7. The highest BCUT2D eigenvalue weighted by molar-refractivity contribution is 7.71. The van der Waals surface area contributed by atoms with E-state index in [2.05, 4.69) is 11.9 Å². The number of aromatic amines is 1. The summed E-state index contributed by atoms with van der Waals surface area (Å²) in [5, 5.41) is 0. The van der Waals surface area contributed by atoms with Gasteiger partial charge in [0.1, 0.15) is 11.3 Å². The lowest BCUT2D eigenvalue weighted by molar-refractivity contribution is 0.269. The molecule has 2 nitrogen and oxygen atoms in total. The van der Waals surface area contributed by atoms with Gasteiger partial charge in [0.2, 0.25) is 0 Å². The van der Waals surface area contributed by atoms with Gasteiger partial charge in [-0.1, -0.05) is 38.7 Å². The molecule has 1 aromatic carbocycles. The van der Waals surface area contributed by atoms with Gasteiger partial charge in [-0.2, -0.15) is 0 Å². The van der Waals surface area contributed by atoms with Gasteiger partial charge < -0.3 is 9.55 Å². The average Bonchev–Trinajstić information content (AvgIpc) is 2.76. The Hall–Kier alpha value is -1.16. The topological polar surface area (TPSA) is 20.7 Å². The van der Waals surface area contributed by atoms with Crippen LogP contribution in [0.15, 0.2) is 18.2 Å². The van der Waals surface area contributed by atoms with Gasteiger partial charge in [0, 0.05) is 6.54 Å². The first-order valence-electron chi connectivity index (χ1n) is 7.52. The summed E-state index contributed by atoms with van der Waals surface area (Å²) in [5.41, 5.74) is 1.42. The Morgan fingerprint density at radius 2 is 2.05 bits per heavy atom. The highest BCUT2D eigenvalue weighted by Gasteiger charge is 2.18. The Bertz CT molecular complexity index is 650. The molecule has 0 amide bonds. The summed E-state index contributed by atoms with van der Waals surface area (Å²) in [5.74, 6) is 1.46. The zero-order valence-corrected chi connectivity index (χ0v) is 12.7. The van der Waals surface area contributed by atoms with E-state index < -0.39 is 0 Å². The molecule has 108 valence electrons. The van der Waals surface area contributed by atoms with Gasteiger partial charge in [-0.25, -0.2) is 4.39 Å². The van der Waals surface area contributed by atoms with E-state index >= 15 is 0 Å². The number of fused-ring (bicyclic) bond motifs is 1.